The summed E-state index contributed by atoms with van der Waals surface area (Å²) < 4.78 is 7.39. The Labute approximate surface area is 184 Å². The molecule has 2 bridgehead atoms. The van der Waals surface area contributed by atoms with Crippen LogP contribution in [0.15, 0.2) is 23.0 Å². The van der Waals surface area contributed by atoms with E-state index < -0.39 is 0 Å². The summed E-state index contributed by atoms with van der Waals surface area (Å²) in [6.07, 6.45) is 6.60. The number of amides is 1. The number of aliphatic hydroxyl groups is 1. The van der Waals surface area contributed by atoms with Crippen LogP contribution in [0.5, 0.6) is 0 Å². The minimum absolute atomic E-state index is 0.0104. The van der Waals surface area contributed by atoms with Crippen molar-refractivity contribution in [3.63, 3.8) is 0 Å². The average Bonchev–Trinajstić information content (AvgIpc) is 2.99. The van der Waals surface area contributed by atoms with Gasteiger partial charge in [0.1, 0.15) is 0 Å². The molecule has 1 aromatic heterocycles. The molecule has 1 amide bonds. The highest BCUT2D eigenvalue weighted by Crippen LogP contribution is 2.48. The zero-order valence-corrected chi connectivity index (χ0v) is 18.6. The molecular weight excluding hydrogens is 394 g/mol. The Kier molecular flexibility index (Phi) is 6.94. The fraction of sp³-hybridized carbons (Fsp3) is 0.667. The first-order valence-electron chi connectivity index (χ1n) is 11.7. The molecular formula is C24H35N3O4. The first-order valence-corrected chi connectivity index (χ1v) is 11.7. The topological polar surface area (TPSA) is 83.8 Å². The van der Waals surface area contributed by atoms with Crippen LogP contribution in [0.3, 0.4) is 0 Å². The number of rotatable bonds is 7. The lowest BCUT2D eigenvalue weighted by atomic mass is 9.86. The molecule has 1 aromatic rings. The summed E-state index contributed by atoms with van der Waals surface area (Å²) >= 11 is 0. The second-order valence-electron chi connectivity index (χ2n) is 9.06. The van der Waals surface area contributed by atoms with E-state index in [-0.39, 0.29) is 42.0 Å². The van der Waals surface area contributed by atoms with Crippen LogP contribution in [0.1, 0.15) is 50.4 Å². The van der Waals surface area contributed by atoms with Gasteiger partial charge in [-0.3, -0.25) is 14.5 Å². The molecule has 170 valence electrons. The molecule has 3 aliphatic heterocycles. The van der Waals surface area contributed by atoms with Crippen molar-refractivity contribution < 1.29 is 14.6 Å². The Morgan fingerprint density at radius 2 is 2.10 bits per heavy atom. The van der Waals surface area contributed by atoms with E-state index in [9.17, 15) is 14.7 Å². The van der Waals surface area contributed by atoms with Crippen molar-refractivity contribution in [2.24, 2.45) is 17.8 Å². The summed E-state index contributed by atoms with van der Waals surface area (Å²) in [4.78, 5) is 28.8. The molecule has 7 heteroatoms. The SMILES string of the molecule is C/C=C/c1ccc2n(c1=O)C[C@H]1[C@H](CO)[C@@H](C(=O)NCCC)[C@@H]2N1CC1CCOCC1. The molecule has 0 aliphatic carbocycles. The maximum atomic E-state index is 13.3. The Morgan fingerprint density at radius 3 is 2.77 bits per heavy atom. The molecule has 0 aromatic carbocycles. The zero-order chi connectivity index (χ0) is 22.0. The molecule has 0 saturated carbocycles. The quantitative estimate of drug-likeness (QED) is 0.691. The molecule has 4 atom stereocenters. The lowest BCUT2D eigenvalue weighted by Gasteiger charge is -2.40. The largest absolute Gasteiger partial charge is 0.396 e. The highest BCUT2D eigenvalue weighted by Gasteiger charge is 2.55. The predicted molar refractivity (Wildman–Crippen MR) is 120 cm³/mol. The van der Waals surface area contributed by atoms with Crippen molar-refractivity contribution in [1.29, 1.82) is 0 Å². The lowest BCUT2D eigenvalue weighted by molar-refractivity contribution is -0.127. The van der Waals surface area contributed by atoms with E-state index in [1.807, 2.05) is 42.7 Å². The van der Waals surface area contributed by atoms with Crippen LogP contribution in [0.2, 0.25) is 0 Å². The predicted octanol–water partition coefficient (Wildman–Crippen LogP) is 1.80. The number of hydrogen-bond donors (Lipinski definition) is 2. The van der Waals surface area contributed by atoms with Gasteiger partial charge in [0.25, 0.3) is 5.56 Å². The monoisotopic (exact) mass is 429 g/mol. The third kappa shape index (κ3) is 4.11. The van der Waals surface area contributed by atoms with Gasteiger partial charge in [-0.15, -0.1) is 0 Å². The van der Waals surface area contributed by atoms with Gasteiger partial charge < -0.3 is 19.7 Å². The fourth-order valence-corrected chi connectivity index (χ4v) is 5.69. The molecule has 7 nitrogen and oxygen atoms in total. The van der Waals surface area contributed by atoms with E-state index in [0.29, 0.717) is 24.6 Å². The minimum Gasteiger partial charge on any atom is -0.396 e. The van der Waals surface area contributed by atoms with Gasteiger partial charge in [0, 0.05) is 62.7 Å². The number of allylic oxidation sites excluding steroid dienone is 1. The fourth-order valence-electron chi connectivity index (χ4n) is 5.69. The van der Waals surface area contributed by atoms with Gasteiger partial charge in [-0.05, 0) is 44.2 Å². The van der Waals surface area contributed by atoms with Crippen molar-refractivity contribution in [3.05, 3.63) is 39.8 Å². The molecule has 2 saturated heterocycles. The van der Waals surface area contributed by atoms with Crippen molar-refractivity contribution in [1.82, 2.24) is 14.8 Å². The van der Waals surface area contributed by atoms with Crippen LogP contribution >= 0.6 is 0 Å². The van der Waals surface area contributed by atoms with Gasteiger partial charge >= 0.3 is 0 Å². The zero-order valence-electron chi connectivity index (χ0n) is 18.6. The Morgan fingerprint density at radius 1 is 1.32 bits per heavy atom. The highest BCUT2D eigenvalue weighted by molar-refractivity contribution is 5.80. The smallest absolute Gasteiger partial charge is 0.258 e. The summed E-state index contributed by atoms with van der Waals surface area (Å²) in [5.74, 6) is -0.0480. The first-order chi connectivity index (χ1) is 15.1. The number of aliphatic hydroxyl groups excluding tert-OH is 1. The number of carbonyl (C=O) groups excluding carboxylic acids is 1. The number of pyridine rings is 1. The van der Waals surface area contributed by atoms with E-state index in [2.05, 4.69) is 10.2 Å². The van der Waals surface area contributed by atoms with Crippen molar-refractivity contribution in [2.45, 2.75) is 51.7 Å². The van der Waals surface area contributed by atoms with Crippen molar-refractivity contribution >= 4 is 12.0 Å². The molecule has 0 radical (unpaired) electrons. The summed E-state index contributed by atoms with van der Waals surface area (Å²) in [7, 11) is 0. The number of ether oxygens (including phenoxy) is 1. The summed E-state index contributed by atoms with van der Waals surface area (Å²) in [5.41, 5.74) is 1.55. The highest BCUT2D eigenvalue weighted by atomic mass is 16.5. The minimum atomic E-state index is -0.359. The normalized spacial score (nSPS) is 28.7. The number of nitrogens with zero attached hydrogens (tertiary/aromatic N) is 2. The third-order valence-corrected chi connectivity index (χ3v) is 7.21. The number of carbonyl (C=O) groups is 1. The second kappa shape index (κ2) is 9.67. The number of nitrogens with one attached hydrogen (secondary N) is 1. The van der Waals surface area contributed by atoms with E-state index in [1.54, 1.807) is 0 Å². The Balaban J connectivity index is 1.75. The third-order valence-electron chi connectivity index (χ3n) is 7.21. The lowest BCUT2D eigenvalue weighted by Crippen LogP contribution is -2.48. The van der Waals surface area contributed by atoms with Crippen molar-refractivity contribution in [2.75, 3.05) is 32.9 Å². The van der Waals surface area contributed by atoms with Gasteiger partial charge in [0.2, 0.25) is 5.91 Å². The van der Waals surface area contributed by atoms with E-state index >= 15 is 0 Å². The second-order valence-corrected chi connectivity index (χ2v) is 9.06. The Hall–Kier alpha value is -1.96. The summed E-state index contributed by atoms with van der Waals surface area (Å²) in [5, 5.41) is 13.4. The van der Waals surface area contributed by atoms with E-state index in [4.69, 9.17) is 4.74 Å². The van der Waals surface area contributed by atoms with Gasteiger partial charge in [-0.1, -0.05) is 19.1 Å². The standard InChI is InChI=1S/C24H35N3O4/c1-3-5-17-6-7-19-22-21(23(29)25-10-4-2)18(15-28)20(14-27(19)24(17)30)26(22)13-16-8-11-31-12-9-16/h3,5-7,16,18,20-22,28H,4,8-15H2,1-2H3,(H,25,29)/b5-3+/t18-,20-,21+,22+/m0/s1. The number of hydrogen-bond acceptors (Lipinski definition) is 5. The van der Waals surface area contributed by atoms with Crippen LogP contribution in [0, 0.1) is 17.8 Å². The summed E-state index contributed by atoms with van der Waals surface area (Å²) in [6, 6.07) is 3.66. The Bertz CT molecular complexity index is 874. The van der Waals surface area contributed by atoms with Gasteiger partial charge in [0.15, 0.2) is 0 Å². The molecule has 31 heavy (non-hydrogen) atoms. The van der Waals surface area contributed by atoms with Crippen LogP contribution in [0.4, 0.5) is 0 Å². The van der Waals surface area contributed by atoms with Crippen LogP contribution in [0.25, 0.3) is 6.08 Å². The van der Waals surface area contributed by atoms with Crippen LogP contribution in [-0.2, 0) is 16.1 Å². The molecule has 2 N–H and O–H groups in total. The molecule has 3 aliphatic rings. The van der Waals surface area contributed by atoms with Crippen LogP contribution in [-0.4, -0.2) is 59.4 Å². The number of fused-ring (bicyclic) bond motifs is 4. The van der Waals surface area contributed by atoms with E-state index in [1.165, 1.54) is 0 Å². The maximum Gasteiger partial charge on any atom is 0.258 e. The van der Waals surface area contributed by atoms with Crippen LogP contribution < -0.4 is 10.9 Å². The van der Waals surface area contributed by atoms with Gasteiger partial charge in [-0.2, -0.15) is 0 Å². The first kappa shape index (κ1) is 22.2. The molecule has 4 heterocycles. The molecule has 0 unspecified atom stereocenters. The molecule has 0 spiro atoms. The number of aromatic nitrogens is 1. The van der Waals surface area contributed by atoms with E-state index in [0.717, 1.165) is 44.7 Å². The van der Waals surface area contributed by atoms with Gasteiger partial charge in [0.05, 0.1) is 12.0 Å². The maximum absolute atomic E-state index is 13.3. The summed E-state index contributed by atoms with van der Waals surface area (Å²) in [6.45, 7) is 7.45. The van der Waals surface area contributed by atoms with Crippen molar-refractivity contribution in [3.8, 4) is 0 Å². The van der Waals surface area contributed by atoms with Gasteiger partial charge in [-0.25, -0.2) is 0 Å². The average molecular weight is 430 g/mol. The molecule has 4 rings (SSSR count). The molecule has 2 fully saturated rings.